The van der Waals surface area contributed by atoms with E-state index in [0.717, 1.165) is 38.8 Å². The van der Waals surface area contributed by atoms with Gasteiger partial charge in [-0.3, -0.25) is 28.9 Å². The molecule has 10 nitrogen and oxygen atoms in total. The van der Waals surface area contributed by atoms with E-state index in [1.54, 1.807) is 24.3 Å². The number of likely N-dealkylation sites (tertiary alicyclic amines) is 1. The lowest BCUT2D eigenvalue weighted by Gasteiger charge is -2.30. The molecule has 0 aliphatic carbocycles. The van der Waals surface area contributed by atoms with E-state index in [4.69, 9.17) is 4.74 Å². The number of carboxylic acids is 1. The number of carbonyl (C=O) groups excluding carboxylic acids is 3. The fraction of sp³-hybridized carbons (Fsp3) is 0.179. The van der Waals surface area contributed by atoms with Crippen molar-refractivity contribution in [2.45, 2.75) is 16.2 Å². The van der Waals surface area contributed by atoms with Crippen molar-refractivity contribution in [1.29, 1.82) is 0 Å². The van der Waals surface area contributed by atoms with Crippen molar-refractivity contribution in [3.8, 4) is 5.75 Å². The van der Waals surface area contributed by atoms with Gasteiger partial charge >= 0.3 is 10.8 Å². The highest BCUT2D eigenvalue weighted by Crippen LogP contribution is 2.52. The summed E-state index contributed by atoms with van der Waals surface area (Å²) in [7, 11) is 0. The third-order valence-electron chi connectivity index (χ3n) is 6.83. The molecule has 0 spiro atoms. The zero-order chi connectivity index (χ0) is 28.0. The number of carboxylic acid groups (broad SMARTS) is 1. The van der Waals surface area contributed by atoms with Gasteiger partial charge in [0.2, 0.25) is 11.8 Å². The number of nitrogens with zero attached hydrogens (tertiary/aromatic N) is 1. The van der Waals surface area contributed by atoms with E-state index < -0.39 is 41.4 Å². The standard InChI is InChI=1S/C28H21N3O7S2/c32-19(29-17-9-8-14-4-1-2-5-15(14)10-17)13-38-18-7-3-6-16(11-18)21-22-24(39-25-23(21)40-28(37)30-25)27(36)31(26(22)35)12-20(33)34/h1-11,21-22,24H,12-13H2,(H,29,32)(H,30,37)(H,33,34)/t21-,22+,24-/m0/s1. The predicted molar refractivity (Wildman–Crippen MR) is 149 cm³/mol. The number of anilines is 1. The van der Waals surface area contributed by atoms with Crippen molar-refractivity contribution in [2.75, 3.05) is 18.5 Å². The van der Waals surface area contributed by atoms with Gasteiger partial charge in [0.15, 0.2) is 6.61 Å². The first-order valence-electron chi connectivity index (χ1n) is 12.3. The fourth-order valence-electron chi connectivity index (χ4n) is 5.14. The largest absolute Gasteiger partial charge is 0.484 e. The van der Waals surface area contributed by atoms with E-state index >= 15 is 0 Å². The van der Waals surface area contributed by atoms with Gasteiger partial charge in [0, 0.05) is 16.5 Å². The molecule has 0 radical (unpaired) electrons. The molecule has 3 heterocycles. The third-order valence-corrected chi connectivity index (χ3v) is 9.23. The summed E-state index contributed by atoms with van der Waals surface area (Å²) in [5.41, 5.74) is 1.24. The molecule has 0 bridgehead atoms. The molecule has 3 aromatic carbocycles. The lowest BCUT2D eigenvalue weighted by Crippen LogP contribution is -2.36. The van der Waals surface area contributed by atoms with Crippen molar-refractivity contribution >= 4 is 63.2 Å². The number of hydrogen-bond donors (Lipinski definition) is 3. The lowest BCUT2D eigenvalue weighted by atomic mass is 9.83. The normalized spacial score (nSPS) is 19.8. The molecule has 3 atom stereocenters. The number of ether oxygens (including phenoxy) is 1. The second-order valence-electron chi connectivity index (χ2n) is 9.38. The highest BCUT2D eigenvalue weighted by molar-refractivity contribution is 8.00. The highest BCUT2D eigenvalue weighted by atomic mass is 32.2. The lowest BCUT2D eigenvalue weighted by molar-refractivity contribution is -0.149. The summed E-state index contributed by atoms with van der Waals surface area (Å²) in [5.74, 6) is -4.03. The predicted octanol–water partition coefficient (Wildman–Crippen LogP) is 3.28. The number of aromatic nitrogens is 1. The molecule has 3 N–H and O–H groups in total. The second-order valence-corrected chi connectivity index (χ2v) is 11.5. The second kappa shape index (κ2) is 10.3. The van der Waals surface area contributed by atoms with E-state index in [2.05, 4.69) is 10.3 Å². The monoisotopic (exact) mass is 575 g/mol. The Bertz CT molecular complexity index is 1750. The Morgan fingerprint density at radius 1 is 0.975 bits per heavy atom. The van der Waals surface area contributed by atoms with Crippen LogP contribution in [0.5, 0.6) is 5.75 Å². The summed E-state index contributed by atoms with van der Waals surface area (Å²) in [4.78, 5) is 66.2. The molecule has 40 heavy (non-hydrogen) atoms. The maximum atomic E-state index is 13.3. The van der Waals surface area contributed by atoms with Crippen LogP contribution < -0.4 is 14.9 Å². The Hall–Kier alpha value is -4.42. The molecule has 6 rings (SSSR count). The molecule has 1 fully saturated rings. The number of amides is 3. The Labute approximate surface area is 235 Å². The van der Waals surface area contributed by atoms with Crippen molar-refractivity contribution < 1.29 is 29.0 Å². The van der Waals surface area contributed by atoms with Crippen LogP contribution in [0.3, 0.4) is 0 Å². The van der Waals surface area contributed by atoms with E-state index in [9.17, 15) is 29.1 Å². The zero-order valence-electron chi connectivity index (χ0n) is 20.7. The molecule has 1 saturated heterocycles. The minimum absolute atomic E-state index is 0.268. The van der Waals surface area contributed by atoms with Gasteiger partial charge in [-0.05, 0) is 40.6 Å². The van der Waals surface area contributed by atoms with E-state index in [-0.39, 0.29) is 17.4 Å². The van der Waals surface area contributed by atoms with E-state index in [1.807, 2.05) is 42.5 Å². The summed E-state index contributed by atoms with van der Waals surface area (Å²) in [6, 6.07) is 20.2. The molecule has 0 saturated carbocycles. The molecule has 202 valence electrons. The summed E-state index contributed by atoms with van der Waals surface area (Å²) in [6.07, 6.45) is 0. The van der Waals surface area contributed by atoms with Gasteiger partial charge in [-0.25, -0.2) is 0 Å². The van der Waals surface area contributed by atoms with Crippen molar-refractivity contribution in [1.82, 2.24) is 9.88 Å². The zero-order valence-corrected chi connectivity index (χ0v) is 22.3. The topological polar surface area (TPSA) is 146 Å². The van der Waals surface area contributed by atoms with Crippen LogP contribution in [0.2, 0.25) is 0 Å². The van der Waals surface area contributed by atoms with Crippen LogP contribution in [0.15, 0.2) is 76.6 Å². The van der Waals surface area contributed by atoms with Gasteiger partial charge in [-0.2, -0.15) is 0 Å². The third kappa shape index (κ3) is 4.75. The number of thioether (sulfide) groups is 1. The summed E-state index contributed by atoms with van der Waals surface area (Å²) in [6.45, 7) is -0.993. The molecule has 1 aromatic heterocycles. The average Bonchev–Trinajstić information content (AvgIpc) is 3.42. The van der Waals surface area contributed by atoms with Crippen LogP contribution in [0.25, 0.3) is 10.8 Å². The Balaban J connectivity index is 1.23. The number of benzene rings is 3. The Kier molecular flexibility index (Phi) is 6.64. The number of aliphatic carboxylic acids is 1. The van der Waals surface area contributed by atoms with Crippen molar-refractivity contribution in [2.24, 2.45) is 5.92 Å². The summed E-state index contributed by atoms with van der Waals surface area (Å²) in [5, 5.41) is 13.7. The van der Waals surface area contributed by atoms with Gasteiger partial charge in [-0.1, -0.05) is 65.6 Å². The molecule has 3 amide bonds. The number of hydrogen-bond acceptors (Lipinski definition) is 8. The van der Waals surface area contributed by atoms with Gasteiger partial charge in [0.05, 0.1) is 10.9 Å². The van der Waals surface area contributed by atoms with Crippen LogP contribution >= 0.6 is 23.1 Å². The Morgan fingerprint density at radius 3 is 2.58 bits per heavy atom. The maximum Gasteiger partial charge on any atom is 0.323 e. The molecule has 4 aromatic rings. The van der Waals surface area contributed by atoms with Crippen LogP contribution in [-0.2, 0) is 19.2 Å². The first-order chi connectivity index (χ1) is 19.3. The molecule has 2 aliphatic rings. The van der Waals surface area contributed by atoms with Crippen LogP contribution in [0.1, 0.15) is 16.4 Å². The average molecular weight is 576 g/mol. The molecular formula is C28H21N3O7S2. The van der Waals surface area contributed by atoms with Crippen molar-refractivity contribution in [3.05, 3.63) is 86.8 Å². The minimum atomic E-state index is -1.29. The molecule has 0 unspecified atom stereocenters. The first kappa shape index (κ1) is 25.8. The Morgan fingerprint density at radius 2 is 1.77 bits per heavy atom. The first-order valence-corrected chi connectivity index (χ1v) is 14.0. The minimum Gasteiger partial charge on any atom is -0.484 e. The smallest absolute Gasteiger partial charge is 0.323 e. The van der Waals surface area contributed by atoms with Crippen LogP contribution in [-0.4, -0.2) is 57.1 Å². The maximum absolute atomic E-state index is 13.3. The number of H-pyrrole nitrogens is 1. The van der Waals surface area contributed by atoms with E-state index in [1.165, 1.54) is 0 Å². The molecule has 2 aliphatic heterocycles. The summed E-state index contributed by atoms with van der Waals surface area (Å²) < 4.78 is 5.76. The number of thiazole rings is 1. The number of carbonyl (C=O) groups is 4. The van der Waals surface area contributed by atoms with Crippen LogP contribution in [0, 0.1) is 5.92 Å². The highest BCUT2D eigenvalue weighted by Gasteiger charge is 2.56. The SMILES string of the molecule is O=C(O)CN1C(=O)[C@@H]2[C@H](c3cccc(OCC(=O)Nc4ccc5ccccc5c4)c3)c3sc(=O)[nH]c3S[C@@H]2C1=O. The molecule has 12 heteroatoms. The van der Waals surface area contributed by atoms with Gasteiger partial charge in [-0.15, -0.1) is 0 Å². The van der Waals surface area contributed by atoms with Crippen molar-refractivity contribution in [3.63, 3.8) is 0 Å². The fourth-order valence-corrected chi connectivity index (χ4v) is 7.67. The number of nitrogens with one attached hydrogen (secondary N) is 2. The van der Waals surface area contributed by atoms with Gasteiger partial charge in [0.1, 0.15) is 17.5 Å². The van der Waals surface area contributed by atoms with Gasteiger partial charge in [0.25, 0.3) is 5.91 Å². The number of fused-ring (bicyclic) bond motifs is 3. The molecular weight excluding hydrogens is 554 g/mol. The number of imide groups is 1. The quantitative estimate of drug-likeness (QED) is 0.285. The number of aromatic amines is 1. The summed E-state index contributed by atoms with van der Waals surface area (Å²) >= 11 is 2.03. The van der Waals surface area contributed by atoms with Crippen LogP contribution in [0.4, 0.5) is 5.69 Å². The number of rotatable bonds is 7. The van der Waals surface area contributed by atoms with Gasteiger partial charge < -0.3 is 20.1 Å². The van der Waals surface area contributed by atoms with E-state index in [0.29, 0.717) is 26.9 Å².